The number of hydrogen-bond donors (Lipinski definition) is 2. The number of amides is 1. The van der Waals surface area contributed by atoms with Crippen LogP contribution in [0.4, 0.5) is 9.52 Å². The Morgan fingerprint density at radius 1 is 1.15 bits per heavy atom. The maximum atomic E-state index is 13.9. The van der Waals surface area contributed by atoms with Crippen LogP contribution < -0.4 is 14.8 Å². The SMILES string of the molecule is COc1cc(C(=O)Nc2nnc(-c3ccncc3F)s2)ccc1O[C@@H](CCO)c1ccccc1. The first-order valence-electron chi connectivity index (χ1n) is 10.3. The summed E-state index contributed by atoms with van der Waals surface area (Å²) >= 11 is 1.05. The predicted molar refractivity (Wildman–Crippen MR) is 126 cm³/mol. The summed E-state index contributed by atoms with van der Waals surface area (Å²) in [7, 11) is 1.48. The fourth-order valence-electron chi connectivity index (χ4n) is 3.24. The van der Waals surface area contributed by atoms with Crippen molar-refractivity contribution in [2.24, 2.45) is 0 Å². The first-order valence-corrected chi connectivity index (χ1v) is 11.2. The van der Waals surface area contributed by atoms with Gasteiger partial charge in [-0.1, -0.05) is 41.7 Å². The molecule has 10 heteroatoms. The first-order chi connectivity index (χ1) is 16.6. The van der Waals surface area contributed by atoms with Crippen LogP contribution in [0, 0.1) is 5.82 Å². The Morgan fingerprint density at radius 3 is 2.71 bits per heavy atom. The van der Waals surface area contributed by atoms with E-state index in [0.717, 1.165) is 23.1 Å². The molecule has 0 saturated heterocycles. The van der Waals surface area contributed by atoms with Gasteiger partial charge >= 0.3 is 0 Å². The van der Waals surface area contributed by atoms with Gasteiger partial charge in [0.1, 0.15) is 6.10 Å². The number of pyridine rings is 1. The smallest absolute Gasteiger partial charge is 0.257 e. The van der Waals surface area contributed by atoms with Gasteiger partial charge in [0.15, 0.2) is 22.3 Å². The molecule has 0 bridgehead atoms. The molecule has 2 N–H and O–H groups in total. The standard InChI is InChI=1S/C24H21FN4O4S/c1-32-21-13-16(7-8-20(21)33-19(10-12-30)15-5-3-2-4-6-15)22(31)27-24-29-28-23(34-24)17-9-11-26-14-18(17)25/h2-9,11,13-14,19,30H,10,12H2,1H3,(H,27,29,31)/t19-/m0/s1. The van der Waals surface area contributed by atoms with Crippen molar-refractivity contribution in [1.29, 1.82) is 0 Å². The second-order valence-corrected chi connectivity index (χ2v) is 8.09. The minimum Gasteiger partial charge on any atom is -0.493 e. The van der Waals surface area contributed by atoms with E-state index in [2.05, 4.69) is 20.5 Å². The fourth-order valence-corrected chi connectivity index (χ4v) is 4.00. The molecule has 1 amide bonds. The van der Waals surface area contributed by atoms with Crippen LogP contribution in [-0.4, -0.2) is 39.9 Å². The summed E-state index contributed by atoms with van der Waals surface area (Å²) in [6.07, 6.45) is 2.56. The van der Waals surface area contributed by atoms with Crippen molar-refractivity contribution < 1.29 is 23.8 Å². The van der Waals surface area contributed by atoms with Gasteiger partial charge in [0.2, 0.25) is 5.13 Å². The van der Waals surface area contributed by atoms with Crippen molar-refractivity contribution in [3.8, 4) is 22.1 Å². The van der Waals surface area contributed by atoms with Crippen molar-refractivity contribution >= 4 is 22.4 Å². The van der Waals surface area contributed by atoms with Crippen molar-refractivity contribution in [1.82, 2.24) is 15.2 Å². The van der Waals surface area contributed by atoms with E-state index >= 15 is 0 Å². The lowest BCUT2D eigenvalue weighted by Gasteiger charge is -2.20. The highest BCUT2D eigenvalue weighted by Gasteiger charge is 2.18. The van der Waals surface area contributed by atoms with E-state index in [9.17, 15) is 14.3 Å². The van der Waals surface area contributed by atoms with E-state index in [0.29, 0.717) is 28.5 Å². The molecule has 4 rings (SSSR count). The number of ether oxygens (including phenoxy) is 2. The third-order valence-corrected chi connectivity index (χ3v) is 5.78. The molecule has 0 saturated carbocycles. The lowest BCUT2D eigenvalue weighted by atomic mass is 10.1. The zero-order chi connectivity index (χ0) is 23.9. The molecule has 2 heterocycles. The zero-order valence-electron chi connectivity index (χ0n) is 18.1. The van der Waals surface area contributed by atoms with Gasteiger partial charge in [0.05, 0.1) is 18.9 Å². The predicted octanol–water partition coefficient (Wildman–Crippen LogP) is 4.50. The lowest BCUT2D eigenvalue weighted by Crippen LogP contribution is -2.13. The van der Waals surface area contributed by atoms with Crippen LogP contribution >= 0.6 is 11.3 Å². The monoisotopic (exact) mass is 480 g/mol. The van der Waals surface area contributed by atoms with Gasteiger partial charge in [-0.2, -0.15) is 0 Å². The maximum absolute atomic E-state index is 13.9. The molecule has 0 aliphatic carbocycles. The number of aromatic nitrogens is 3. The largest absolute Gasteiger partial charge is 0.493 e. The molecule has 2 aromatic heterocycles. The van der Waals surface area contributed by atoms with Crippen molar-refractivity contribution in [3.63, 3.8) is 0 Å². The number of carbonyl (C=O) groups is 1. The Morgan fingerprint density at radius 2 is 1.97 bits per heavy atom. The third kappa shape index (κ3) is 5.36. The summed E-state index contributed by atoms with van der Waals surface area (Å²) in [5, 5.41) is 20.5. The number of hydrogen-bond acceptors (Lipinski definition) is 8. The van der Waals surface area contributed by atoms with Crippen LogP contribution in [-0.2, 0) is 0 Å². The summed E-state index contributed by atoms with van der Waals surface area (Å²) < 4.78 is 25.5. The molecule has 4 aromatic rings. The van der Waals surface area contributed by atoms with E-state index in [1.807, 2.05) is 30.3 Å². The molecular formula is C24H21FN4O4S. The number of halogens is 1. The van der Waals surface area contributed by atoms with Gasteiger partial charge in [-0.05, 0) is 29.8 Å². The number of methoxy groups -OCH3 is 1. The number of carbonyl (C=O) groups excluding carboxylic acids is 1. The van der Waals surface area contributed by atoms with E-state index in [-0.39, 0.29) is 23.4 Å². The molecule has 0 unspecified atom stereocenters. The Labute approximate surface area is 199 Å². The van der Waals surface area contributed by atoms with E-state index in [4.69, 9.17) is 9.47 Å². The van der Waals surface area contributed by atoms with Crippen molar-refractivity contribution in [2.45, 2.75) is 12.5 Å². The van der Waals surface area contributed by atoms with E-state index < -0.39 is 11.7 Å². The van der Waals surface area contributed by atoms with Crippen LogP contribution in [0.25, 0.3) is 10.6 Å². The second kappa shape index (κ2) is 10.8. The molecular weight excluding hydrogens is 459 g/mol. The second-order valence-electron chi connectivity index (χ2n) is 7.12. The molecule has 0 aliphatic rings. The Balaban J connectivity index is 1.50. The average Bonchev–Trinajstić information content (AvgIpc) is 3.32. The van der Waals surface area contributed by atoms with Crippen molar-refractivity contribution in [2.75, 3.05) is 19.0 Å². The summed E-state index contributed by atoms with van der Waals surface area (Å²) in [4.78, 5) is 16.5. The third-order valence-electron chi connectivity index (χ3n) is 4.91. The highest BCUT2D eigenvalue weighted by molar-refractivity contribution is 7.18. The Bertz CT molecular complexity index is 1270. The van der Waals surface area contributed by atoms with Gasteiger partial charge < -0.3 is 14.6 Å². The molecule has 0 radical (unpaired) electrons. The van der Waals surface area contributed by atoms with Gasteiger partial charge in [-0.15, -0.1) is 10.2 Å². The molecule has 34 heavy (non-hydrogen) atoms. The molecule has 174 valence electrons. The maximum Gasteiger partial charge on any atom is 0.257 e. The molecule has 0 fully saturated rings. The number of anilines is 1. The number of rotatable bonds is 9. The molecule has 0 aliphatic heterocycles. The average molecular weight is 481 g/mol. The molecule has 1 atom stereocenters. The zero-order valence-corrected chi connectivity index (χ0v) is 19.0. The minimum absolute atomic E-state index is 0.0460. The summed E-state index contributed by atoms with van der Waals surface area (Å²) in [5.41, 5.74) is 1.49. The number of aliphatic hydroxyl groups excluding tert-OH is 1. The summed E-state index contributed by atoms with van der Waals surface area (Å²) in [5.74, 6) is -0.152. The molecule has 2 aromatic carbocycles. The number of benzene rings is 2. The Hall–Kier alpha value is -3.89. The van der Waals surface area contributed by atoms with Crippen LogP contribution in [0.1, 0.15) is 28.4 Å². The molecule has 0 spiro atoms. The highest BCUT2D eigenvalue weighted by atomic mass is 32.1. The quantitative estimate of drug-likeness (QED) is 0.363. The topological polar surface area (TPSA) is 106 Å². The first kappa shape index (κ1) is 23.3. The van der Waals surface area contributed by atoms with Gasteiger partial charge in [0, 0.05) is 24.8 Å². The minimum atomic E-state index is -0.521. The fraction of sp³-hybridized carbons (Fsp3) is 0.167. The van der Waals surface area contributed by atoms with Crippen LogP contribution in [0.5, 0.6) is 11.5 Å². The Kier molecular flexibility index (Phi) is 7.41. The van der Waals surface area contributed by atoms with E-state index in [1.54, 1.807) is 18.2 Å². The van der Waals surface area contributed by atoms with E-state index in [1.165, 1.54) is 19.4 Å². The van der Waals surface area contributed by atoms with Crippen molar-refractivity contribution in [3.05, 3.63) is 83.9 Å². The molecule has 8 nitrogen and oxygen atoms in total. The van der Waals surface area contributed by atoms with Gasteiger partial charge in [-0.3, -0.25) is 15.1 Å². The summed E-state index contributed by atoms with van der Waals surface area (Å²) in [6.45, 7) is -0.0460. The van der Waals surface area contributed by atoms with Gasteiger partial charge in [0.25, 0.3) is 5.91 Å². The normalized spacial score (nSPS) is 11.6. The van der Waals surface area contributed by atoms with Crippen LogP contribution in [0.15, 0.2) is 67.0 Å². The number of aliphatic hydroxyl groups is 1. The van der Waals surface area contributed by atoms with Crippen LogP contribution in [0.3, 0.4) is 0 Å². The highest BCUT2D eigenvalue weighted by Crippen LogP contribution is 2.34. The van der Waals surface area contributed by atoms with Gasteiger partial charge in [-0.25, -0.2) is 4.39 Å². The number of nitrogens with one attached hydrogen (secondary N) is 1. The van der Waals surface area contributed by atoms with Crippen LogP contribution in [0.2, 0.25) is 0 Å². The lowest BCUT2D eigenvalue weighted by molar-refractivity contribution is 0.102. The number of nitrogens with zero attached hydrogens (tertiary/aromatic N) is 3. The summed E-state index contributed by atoms with van der Waals surface area (Å²) in [6, 6.07) is 15.8.